The maximum atomic E-state index is 13.0. The first kappa shape index (κ1) is 13.9. The van der Waals surface area contributed by atoms with Gasteiger partial charge < -0.3 is 9.29 Å². The van der Waals surface area contributed by atoms with E-state index in [-0.39, 0.29) is 5.41 Å². The Labute approximate surface area is 114 Å². The van der Waals surface area contributed by atoms with E-state index in [4.69, 9.17) is 4.74 Å². The highest BCUT2D eigenvalue weighted by atomic mass is 32.2. The second-order valence-corrected chi connectivity index (χ2v) is 7.85. The van der Waals surface area contributed by atoms with Gasteiger partial charge in [0.15, 0.2) is 0 Å². The van der Waals surface area contributed by atoms with Crippen LogP contribution in [0.1, 0.15) is 38.5 Å². The fraction of sp³-hybridized carbons (Fsp3) is 1.00. The smallest absolute Gasteiger partial charge is 0.331 e. The lowest BCUT2D eigenvalue weighted by atomic mass is 9.50. The van der Waals surface area contributed by atoms with E-state index < -0.39 is 22.9 Å². The van der Waals surface area contributed by atoms with E-state index >= 15 is 0 Å². The first-order valence-corrected chi connectivity index (χ1v) is 8.01. The summed E-state index contributed by atoms with van der Waals surface area (Å²) in [6.45, 7) is -0.714. The molecule has 4 aliphatic rings. The van der Waals surface area contributed by atoms with Crippen molar-refractivity contribution in [3.8, 4) is 0 Å². The number of hydrogen-bond acceptors (Lipinski definition) is 3. The Kier molecular flexibility index (Phi) is 3.47. The average molecular weight is 293 g/mol. The monoisotopic (exact) mass is 293 g/mol. The van der Waals surface area contributed by atoms with Gasteiger partial charge in [-0.2, -0.15) is 8.78 Å². The van der Waals surface area contributed by atoms with Crippen molar-refractivity contribution in [2.24, 2.45) is 23.2 Å². The topological polar surface area (TPSA) is 49.4 Å². The Morgan fingerprint density at radius 1 is 1.16 bits per heavy atom. The van der Waals surface area contributed by atoms with Crippen molar-refractivity contribution in [2.45, 2.75) is 43.8 Å². The third kappa shape index (κ3) is 2.72. The van der Waals surface area contributed by atoms with Gasteiger partial charge in [-0.3, -0.25) is 4.21 Å². The van der Waals surface area contributed by atoms with Crippen molar-refractivity contribution in [1.82, 2.24) is 0 Å². The normalized spacial score (nSPS) is 42.6. The quantitative estimate of drug-likeness (QED) is 0.732. The molecule has 4 aliphatic carbocycles. The van der Waals surface area contributed by atoms with E-state index in [1.54, 1.807) is 0 Å². The van der Waals surface area contributed by atoms with Crippen LogP contribution in [0.4, 0.5) is 8.78 Å². The summed E-state index contributed by atoms with van der Waals surface area (Å²) >= 11 is -3.40. The molecule has 4 bridgehead atoms. The summed E-state index contributed by atoms with van der Waals surface area (Å²) in [4.78, 5) is 0. The lowest BCUT2D eigenvalue weighted by Gasteiger charge is -2.56. The van der Waals surface area contributed by atoms with Crippen molar-refractivity contribution in [3.05, 3.63) is 0 Å². The Balaban J connectivity index is 1.57. The SMILES string of the molecule is O=S([O-])C(F)(F)COCC12CC3CC(CC(C3)C1)C2. The summed E-state index contributed by atoms with van der Waals surface area (Å²) in [5, 5.41) is -3.76. The van der Waals surface area contributed by atoms with Crippen LogP contribution in [0, 0.1) is 23.2 Å². The lowest BCUT2D eigenvalue weighted by molar-refractivity contribution is -0.114. The molecule has 0 aromatic heterocycles. The van der Waals surface area contributed by atoms with E-state index in [0.29, 0.717) is 6.61 Å². The third-order valence-corrected chi connectivity index (χ3v) is 5.69. The first-order valence-electron chi connectivity index (χ1n) is 6.93. The summed E-state index contributed by atoms with van der Waals surface area (Å²) < 4.78 is 51.7. The highest BCUT2D eigenvalue weighted by molar-refractivity contribution is 7.80. The number of alkyl halides is 2. The van der Waals surface area contributed by atoms with E-state index in [1.807, 2.05) is 0 Å². The van der Waals surface area contributed by atoms with Gasteiger partial charge in [0.05, 0.1) is 6.61 Å². The Bertz CT molecular complexity index is 351. The second-order valence-electron chi connectivity index (χ2n) is 6.78. The van der Waals surface area contributed by atoms with Gasteiger partial charge in [-0.1, -0.05) is 0 Å². The minimum absolute atomic E-state index is 0.0508. The van der Waals surface area contributed by atoms with Crippen LogP contribution in [-0.2, 0) is 15.8 Å². The highest BCUT2D eigenvalue weighted by Gasteiger charge is 2.51. The standard InChI is InChI=1S/C13H20F2O3S/c14-13(15,19(16)17)8-18-7-12-4-9-1-10(5-12)3-11(2-9)6-12/h9-11H,1-8H2,(H,16,17)/p-1. The molecule has 4 rings (SSSR count). The molecule has 1 unspecified atom stereocenters. The molecule has 0 aromatic rings. The van der Waals surface area contributed by atoms with E-state index in [9.17, 15) is 17.5 Å². The summed E-state index contributed by atoms with van der Waals surface area (Å²) in [6.07, 6.45) is 7.10. The molecule has 0 N–H and O–H groups in total. The largest absolute Gasteiger partial charge is 0.768 e. The Hall–Kier alpha value is -0.0700. The predicted molar refractivity (Wildman–Crippen MR) is 65.3 cm³/mol. The fourth-order valence-electron chi connectivity index (χ4n) is 4.90. The fourth-order valence-corrected chi connectivity index (χ4v) is 5.08. The molecule has 1 atom stereocenters. The number of halogens is 2. The molecule has 0 aromatic carbocycles. The van der Waals surface area contributed by atoms with Gasteiger partial charge in [0.25, 0.3) is 0 Å². The summed E-state index contributed by atoms with van der Waals surface area (Å²) in [5.74, 6) is 2.22. The van der Waals surface area contributed by atoms with Crippen LogP contribution in [0.3, 0.4) is 0 Å². The number of rotatable bonds is 5. The van der Waals surface area contributed by atoms with Crippen molar-refractivity contribution in [2.75, 3.05) is 13.2 Å². The lowest BCUT2D eigenvalue weighted by Crippen LogP contribution is -2.48. The Morgan fingerprint density at radius 2 is 1.63 bits per heavy atom. The van der Waals surface area contributed by atoms with Gasteiger partial charge in [0.2, 0.25) is 0 Å². The van der Waals surface area contributed by atoms with Crippen LogP contribution in [-0.4, -0.2) is 27.2 Å². The van der Waals surface area contributed by atoms with Crippen molar-refractivity contribution < 1.29 is 22.3 Å². The predicted octanol–water partition coefficient (Wildman–Crippen LogP) is 2.69. The third-order valence-electron chi connectivity index (χ3n) is 5.09. The minimum atomic E-state index is -3.76. The average Bonchev–Trinajstić information content (AvgIpc) is 2.25. The zero-order valence-electron chi connectivity index (χ0n) is 10.8. The van der Waals surface area contributed by atoms with E-state index in [2.05, 4.69) is 0 Å². The second kappa shape index (κ2) is 4.74. The Morgan fingerprint density at radius 3 is 2.05 bits per heavy atom. The minimum Gasteiger partial charge on any atom is -0.768 e. The molecular weight excluding hydrogens is 274 g/mol. The van der Waals surface area contributed by atoms with E-state index in [1.165, 1.54) is 19.3 Å². The molecule has 0 heterocycles. The van der Waals surface area contributed by atoms with Crippen LogP contribution in [0.15, 0.2) is 0 Å². The summed E-state index contributed by atoms with van der Waals surface area (Å²) in [5.41, 5.74) is 0.0508. The van der Waals surface area contributed by atoms with Crippen molar-refractivity contribution in [3.63, 3.8) is 0 Å². The first-order chi connectivity index (χ1) is 8.89. The molecule has 6 heteroatoms. The zero-order valence-corrected chi connectivity index (χ0v) is 11.6. The molecule has 4 fully saturated rings. The molecule has 110 valence electrons. The van der Waals surface area contributed by atoms with Gasteiger partial charge in [0.1, 0.15) is 6.61 Å². The maximum absolute atomic E-state index is 13.0. The molecule has 0 amide bonds. The van der Waals surface area contributed by atoms with Gasteiger partial charge in [-0.05, 0) is 61.7 Å². The molecule has 4 saturated carbocycles. The van der Waals surface area contributed by atoms with Gasteiger partial charge in [-0.25, -0.2) is 0 Å². The molecule has 0 saturated heterocycles. The molecule has 0 radical (unpaired) electrons. The molecule has 19 heavy (non-hydrogen) atoms. The summed E-state index contributed by atoms with van der Waals surface area (Å²) in [6, 6.07) is 0. The van der Waals surface area contributed by atoms with Gasteiger partial charge >= 0.3 is 5.25 Å². The van der Waals surface area contributed by atoms with Crippen LogP contribution in [0.5, 0.6) is 0 Å². The van der Waals surface area contributed by atoms with Crippen LogP contribution in [0.2, 0.25) is 0 Å². The van der Waals surface area contributed by atoms with Crippen LogP contribution >= 0.6 is 0 Å². The number of ether oxygens (including phenoxy) is 1. The van der Waals surface area contributed by atoms with Crippen LogP contribution < -0.4 is 0 Å². The molecule has 0 aliphatic heterocycles. The van der Waals surface area contributed by atoms with Crippen LogP contribution in [0.25, 0.3) is 0 Å². The molecular formula is C13H19F2O3S-. The maximum Gasteiger partial charge on any atom is 0.331 e. The van der Waals surface area contributed by atoms with Crippen molar-refractivity contribution in [1.29, 1.82) is 0 Å². The molecule has 3 nitrogen and oxygen atoms in total. The zero-order chi connectivity index (χ0) is 13.7. The summed E-state index contributed by atoms with van der Waals surface area (Å²) in [7, 11) is 0. The van der Waals surface area contributed by atoms with Crippen molar-refractivity contribution >= 4 is 11.1 Å². The highest BCUT2D eigenvalue weighted by Crippen LogP contribution is 2.60. The molecule has 0 spiro atoms. The van der Waals surface area contributed by atoms with Gasteiger partial charge in [-0.15, -0.1) is 0 Å². The van der Waals surface area contributed by atoms with Gasteiger partial charge in [0, 0.05) is 11.1 Å². The van der Waals surface area contributed by atoms with E-state index in [0.717, 1.165) is 37.0 Å². The number of hydrogen-bond donors (Lipinski definition) is 0.